The van der Waals surface area contributed by atoms with Crippen molar-refractivity contribution in [2.45, 2.75) is 112 Å². The smallest absolute Gasteiger partial charge is 0.273 e. The van der Waals surface area contributed by atoms with Gasteiger partial charge >= 0.3 is 0 Å². The molecule has 0 saturated carbocycles. The van der Waals surface area contributed by atoms with E-state index in [1.165, 1.54) is 30.8 Å². The first-order valence-electron chi connectivity index (χ1n) is 19.5. The van der Waals surface area contributed by atoms with Gasteiger partial charge in [0.25, 0.3) is 5.92 Å². The van der Waals surface area contributed by atoms with Crippen LogP contribution in [0.3, 0.4) is 0 Å². The lowest BCUT2D eigenvalue weighted by atomic mass is 9.91. The summed E-state index contributed by atoms with van der Waals surface area (Å²) < 4.78 is 29.9. The van der Waals surface area contributed by atoms with Gasteiger partial charge in [-0.2, -0.15) is 0 Å². The molecule has 0 bridgehead atoms. The molecule has 1 saturated heterocycles. The summed E-state index contributed by atoms with van der Waals surface area (Å²) in [6.07, 6.45) is 9.83. The van der Waals surface area contributed by atoms with Gasteiger partial charge in [-0.3, -0.25) is 14.5 Å². The number of amides is 1. The lowest BCUT2D eigenvalue weighted by molar-refractivity contribution is -0.122. The number of imidazole rings is 1. The van der Waals surface area contributed by atoms with Crippen LogP contribution < -0.4 is 4.90 Å². The lowest BCUT2D eigenvalue weighted by Crippen LogP contribution is -2.25. The fourth-order valence-electron chi connectivity index (χ4n) is 6.21. The minimum absolute atomic E-state index is 0. The topological polar surface area (TPSA) is 55.2 Å². The van der Waals surface area contributed by atoms with Gasteiger partial charge < -0.3 is 4.57 Å². The number of hydrogen-bond acceptors (Lipinski definition) is 4. The molecule has 1 aliphatic heterocycles. The number of aromatic nitrogens is 2. The highest BCUT2D eigenvalue weighted by atomic mass is 32.2. The minimum atomic E-state index is -2.84. The molecule has 1 fully saturated rings. The molecule has 3 aromatic carbocycles. The van der Waals surface area contributed by atoms with Crippen LogP contribution in [0.2, 0.25) is 0 Å². The van der Waals surface area contributed by atoms with Crippen molar-refractivity contribution < 1.29 is 19.8 Å². The number of thioether (sulfide) groups is 1. The Morgan fingerprint density at radius 3 is 2.28 bits per heavy atom. The van der Waals surface area contributed by atoms with Gasteiger partial charge in [0.2, 0.25) is 5.91 Å². The molecule has 5 nitrogen and oxygen atoms in total. The summed E-state index contributed by atoms with van der Waals surface area (Å²) in [7, 11) is 0. The molecule has 2 heterocycles. The Bertz CT molecular complexity index is 1850. The van der Waals surface area contributed by atoms with Crippen molar-refractivity contribution in [2.24, 2.45) is 5.92 Å². The van der Waals surface area contributed by atoms with Crippen LogP contribution in [0.4, 0.5) is 14.5 Å². The molecular weight excluding hydrogens is 697 g/mol. The van der Waals surface area contributed by atoms with E-state index in [1.54, 1.807) is 18.5 Å². The minimum Gasteiger partial charge on any atom is -0.306 e. The van der Waals surface area contributed by atoms with Crippen LogP contribution in [0.25, 0.3) is 16.9 Å². The highest BCUT2D eigenvalue weighted by molar-refractivity contribution is 8.04. The molecule has 8 heteroatoms. The molecule has 0 spiro atoms. The molecule has 292 valence electrons. The van der Waals surface area contributed by atoms with Crippen LogP contribution in [-0.4, -0.2) is 27.0 Å². The standard InChI is InChI=1S/C42H47F2N3O2S.2C2H6.H2/c1-7-9-31-12-21-36(28(3)4)38(24-31)47-40(49)26-50-41(47)23-11-30(6)39(48)22-10-29(5)32-13-15-33(16-14-32)37-25-46(27-45-37)35-19-17-34(18-20-35)42(43,44)8-2;2*1-2;/h7,12-21,23-25,27-30H,1,8-11,22,26H2,2-6H3;2*1-2H3;1H/b41-23+;;;. The maximum atomic E-state index is 14.0. The number of benzene rings is 3. The van der Waals surface area contributed by atoms with Gasteiger partial charge in [0.05, 0.1) is 28.5 Å². The number of hydrogen-bond donors (Lipinski definition) is 0. The van der Waals surface area contributed by atoms with Crippen LogP contribution in [0.5, 0.6) is 0 Å². The summed E-state index contributed by atoms with van der Waals surface area (Å²) >= 11 is 1.54. The Kier molecular flexibility index (Phi) is 17.1. The van der Waals surface area contributed by atoms with Crippen molar-refractivity contribution in [3.8, 4) is 16.9 Å². The molecule has 2 atom stereocenters. The van der Waals surface area contributed by atoms with E-state index >= 15 is 0 Å². The third-order valence-electron chi connectivity index (χ3n) is 9.56. The van der Waals surface area contributed by atoms with Gasteiger partial charge in [0, 0.05) is 43.2 Å². The molecule has 4 aromatic rings. The Morgan fingerprint density at radius 1 is 1.00 bits per heavy atom. The van der Waals surface area contributed by atoms with E-state index in [0.29, 0.717) is 18.6 Å². The van der Waals surface area contributed by atoms with E-state index in [4.69, 9.17) is 0 Å². The monoisotopic (exact) mass is 757 g/mol. The number of anilines is 1. The van der Waals surface area contributed by atoms with E-state index in [1.807, 2.05) is 68.5 Å². The molecule has 1 aromatic heterocycles. The zero-order valence-corrected chi connectivity index (χ0v) is 34.5. The summed E-state index contributed by atoms with van der Waals surface area (Å²) in [6.45, 7) is 21.7. The Hall–Kier alpha value is -4.30. The molecule has 5 rings (SSSR count). The molecule has 2 unspecified atom stereocenters. The second-order valence-corrected chi connectivity index (χ2v) is 14.5. The molecule has 0 radical (unpaired) electrons. The number of rotatable bonds is 15. The van der Waals surface area contributed by atoms with Gasteiger partial charge in [0.1, 0.15) is 5.78 Å². The first kappa shape index (κ1) is 44.1. The third-order valence-corrected chi connectivity index (χ3v) is 10.6. The van der Waals surface area contributed by atoms with E-state index < -0.39 is 5.92 Å². The molecule has 1 amide bonds. The maximum Gasteiger partial charge on any atom is 0.273 e. The predicted molar refractivity (Wildman–Crippen MR) is 227 cm³/mol. The number of nitrogens with zero attached hydrogens (tertiary/aromatic N) is 3. The summed E-state index contributed by atoms with van der Waals surface area (Å²) in [5.74, 6) is -1.84. The number of carbonyl (C=O) groups is 2. The number of Topliss-reactive ketones (excluding diaryl/α,β-unsaturated/α-hetero) is 1. The number of halogens is 2. The highest BCUT2D eigenvalue weighted by Crippen LogP contribution is 2.39. The predicted octanol–water partition coefficient (Wildman–Crippen LogP) is 13.3. The third kappa shape index (κ3) is 11.1. The van der Waals surface area contributed by atoms with Crippen molar-refractivity contribution >= 4 is 29.1 Å². The van der Waals surface area contributed by atoms with Gasteiger partial charge in [0.15, 0.2) is 0 Å². The van der Waals surface area contributed by atoms with Crippen molar-refractivity contribution in [3.63, 3.8) is 0 Å². The van der Waals surface area contributed by atoms with Crippen molar-refractivity contribution in [2.75, 3.05) is 10.7 Å². The van der Waals surface area contributed by atoms with Crippen LogP contribution >= 0.6 is 11.8 Å². The SMILES string of the molecule is C=CCc1ccc(C(C)C)c(N2C(=O)CS/C2=C/CC(C)C(=O)CCC(C)c2ccc(-c3cn(-c4ccc(C(F)(F)CC)cc4)cn3)cc2)c1.CC.CC.[HH]. The van der Waals surface area contributed by atoms with Crippen LogP contribution in [0.1, 0.15) is 124 Å². The summed E-state index contributed by atoms with van der Waals surface area (Å²) in [5, 5.41) is 0.903. The number of allylic oxidation sites excluding steroid dienone is 2. The van der Waals surface area contributed by atoms with Crippen LogP contribution in [0.15, 0.2) is 103 Å². The van der Waals surface area contributed by atoms with Gasteiger partial charge in [-0.05, 0) is 66.0 Å². The average Bonchev–Trinajstić information content (AvgIpc) is 3.84. The normalized spacial score (nSPS) is 14.6. The first-order chi connectivity index (χ1) is 25.9. The number of ketones is 1. The Morgan fingerprint density at radius 2 is 1.67 bits per heavy atom. The van der Waals surface area contributed by atoms with Crippen LogP contribution in [-0.2, 0) is 21.9 Å². The summed E-state index contributed by atoms with van der Waals surface area (Å²) in [4.78, 5) is 32.7. The van der Waals surface area contributed by atoms with E-state index in [9.17, 15) is 18.4 Å². The fraction of sp³-hybridized carbons (Fsp3) is 0.413. The zero-order chi connectivity index (χ0) is 40.0. The number of carbonyl (C=O) groups excluding carboxylic acids is 2. The Balaban J connectivity index is 0.00000202. The fourth-order valence-corrected chi connectivity index (χ4v) is 7.16. The van der Waals surface area contributed by atoms with Gasteiger partial charge in [-0.15, -0.1) is 6.58 Å². The molecular formula is C46H61F2N3O2S. The second kappa shape index (κ2) is 21.0. The summed E-state index contributed by atoms with van der Waals surface area (Å²) in [5.41, 5.74) is 6.85. The van der Waals surface area contributed by atoms with E-state index in [0.717, 1.165) is 57.2 Å². The Labute approximate surface area is 328 Å². The van der Waals surface area contributed by atoms with Gasteiger partial charge in [-0.25, -0.2) is 13.8 Å². The maximum absolute atomic E-state index is 14.0. The average molecular weight is 758 g/mol. The molecule has 54 heavy (non-hydrogen) atoms. The quantitative estimate of drug-likeness (QED) is 0.113. The van der Waals surface area contributed by atoms with Crippen LogP contribution in [0, 0.1) is 5.92 Å². The van der Waals surface area contributed by atoms with Crippen molar-refractivity contribution in [1.29, 1.82) is 0 Å². The van der Waals surface area contributed by atoms with Crippen molar-refractivity contribution in [1.82, 2.24) is 9.55 Å². The largest absolute Gasteiger partial charge is 0.306 e. The second-order valence-electron chi connectivity index (χ2n) is 13.5. The number of alkyl halides is 2. The van der Waals surface area contributed by atoms with E-state index in [-0.39, 0.29) is 42.9 Å². The zero-order valence-electron chi connectivity index (χ0n) is 33.7. The van der Waals surface area contributed by atoms with Gasteiger partial charge in [-0.1, -0.05) is 135 Å². The van der Waals surface area contributed by atoms with E-state index in [2.05, 4.69) is 68.7 Å². The first-order valence-corrected chi connectivity index (χ1v) is 20.5. The highest BCUT2D eigenvalue weighted by Gasteiger charge is 2.31. The molecule has 0 N–H and O–H groups in total. The lowest BCUT2D eigenvalue weighted by Gasteiger charge is -2.24. The molecule has 1 aliphatic rings. The molecule has 0 aliphatic carbocycles. The summed E-state index contributed by atoms with van der Waals surface area (Å²) in [6, 6.07) is 20.9. The van der Waals surface area contributed by atoms with Crippen molar-refractivity contribution in [3.05, 3.63) is 125 Å².